The van der Waals surface area contributed by atoms with Gasteiger partial charge in [-0.05, 0) is 24.3 Å². The Morgan fingerprint density at radius 1 is 1.09 bits per heavy atom. The van der Waals surface area contributed by atoms with Crippen LogP contribution < -0.4 is 0 Å². The maximum atomic E-state index is 14.2. The molecule has 0 fully saturated rings. The smallest absolute Gasteiger partial charge is 0.262 e. The minimum absolute atomic E-state index is 0.223. The second kappa shape index (κ2) is 5.87. The molecular weight excluding hydrogens is 298 g/mol. The lowest BCUT2D eigenvalue weighted by Crippen LogP contribution is -2.22. The standard InChI is InChI=1S/C17H16F2N4/c1-12(2)17(18,19)16-7-3-6-15(22-16)13-9-21-23(11-13)14-5-4-8-20-10-14/h3-12H,1-2H3. The highest BCUT2D eigenvalue weighted by molar-refractivity contribution is 5.58. The highest BCUT2D eigenvalue weighted by atomic mass is 19.3. The van der Waals surface area contributed by atoms with Crippen LogP contribution in [0.2, 0.25) is 0 Å². The Labute approximate surface area is 132 Å². The van der Waals surface area contributed by atoms with Crippen molar-refractivity contribution in [2.45, 2.75) is 19.8 Å². The van der Waals surface area contributed by atoms with E-state index in [9.17, 15) is 8.78 Å². The third-order valence-corrected chi connectivity index (χ3v) is 3.60. The van der Waals surface area contributed by atoms with Crippen LogP contribution in [0.15, 0.2) is 55.1 Å². The lowest BCUT2D eigenvalue weighted by molar-refractivity contribution is -0.0553. The minimum Gasteiger partial charge on any atom is -0.262 e. The molecule has 0 aliphatic rings. The average molecular weight is 314 g/mol. The van der Waals surface area contributed by atoms with Crippen LogP contribution in [0.4, 0.5) is 8.78 Å². The predicted molar refractivity (Wildman–Crippen MR) is 83.3 cm³/mol. The van der Waals surface area contributed by atoms with Crippen molar-refractivity contribution in [3.8, 4) is 16.9 Å². The summed E-state index contributed by atoms with van der Waals surface area (Å²) in [7, 11) is 0. The lowest BCUT2D eigenvalue weighted by atomic mass is 10.0. The number of halogens is 2. The average Bonchev–Trinajstić information content (AvgIpc) is 3.06. The summed E-state index contributed by atoms with van der Waals surface area (Å²) in [5, 5.41) is 4.24. The number of aromatic nitrogens is 4. The first kappa shape index (κ1) is 15.3. The summed E-state index contributed by atoms with van der Waals surface area (Å²) in [4.78, 5) is 8.16. The molecular formula is C17H16F2N4. The third-order valence-electron chi connectivity index (χ3n) is 3.60. The second-order valence-corrected chi connectivity index (χ2v) is 5.57. The molecule has 0 saturated heterocycles. The topological polar surface area (TPSA) is 43.6 Å². The van der Waals surface area contributed by atoms with Crippen LogP contribution in [0.1, 0.15) is 19.5 Å². The number of nitrogens with zero attached hydrogens (tertiary/aromatic N) is 4. The molecule has 3 heterocycles. The van der Waals surface area contributed by atoms with E-state index in [-0.39, 0.29) is 5.69 Å². The van der Waals surface area contributed by atoms with Crippen LogP contribution in [0.25, 0.3) is 16.9 Å². The molecule has 0 aromatic carbocycles. The molecule has 118 valence electrons. The van der Waals surface area contributed by atoms with Gasteiger partial charge in [0.15, 0.2) is 0 Å². The summed E-state index contributed by atoms with van der Waals surface area (Å²) in [5.41, 5.74) is 1.72. The number of rotatable bonds is 4. The molecule has 0 aliphatic carbocycles. The van der Waals surface area contributed by atoms with Crippen molar-refractivity contribution >= 4 is 0 Å². The van der Waals surface area contributed by atoms with Crippen molar-refractivity contribution in [2.24, 2.45) is 5.92 Å². The van der Waals surface area contributed by atoms with E-state index >= 15 is 0 Å². The van der Waals surface area contributed by atoms with E-state index in [0.717, 1.165) is 5.69 Å². The van der Waals surface area contributed by atoms with Crippen molar-refractivity contribution in [1.29, 1.82) is 0 Å². The fourth-order valence-electron chi connectivity index (χ4n) is 2.16. The Morgan fingerprint density at radius 2 is 1.91 bits per heavy atom. The molecule has 23 heavy (non-hydrogen) atoms. The molecule has 0 bridgehead atoms. The van der Waals surface area contributed by atoms with Crippen LogP contribution in [-0.2, 0) is 5.92 Å². The molecule has 3 rings (SSSR count). The maximum absolute atomic E-state index is 14.2. The van der Waals surface area contributed by atoms with Gasteiger partial charge in [-0.3, -0.25) is 4.98 Å². The van der Waals surface area contributed by atoms with Gasteiger partial charge in [0.05, 0.1) is 23.8 Å². The zero-order valence-corrected chi connectivity index (χ0v) is 12.8. The highest BCUT2D eigenvalue weighted by Gasteiger charge is 2.37. The van der Waals surface area contributed by atoms with Gasteiger partial charge in [-0.2, -0.15) is 13.9 Å². The summed E-state index contributed by atoms with van der Waals surface area (Å²) in [6, 6.07) is 8.31. The lowest BCUT2D eigenvalue weighted by Gasteiger charge is -2.19. The molecule has 0 unspecified atom stereocenters. The monoisotopic (exact) mass is 314 g/mol. The zero-order valence-electron chi connectivity index (χ0n) is 12.8. The Bertz CT molecular complexity index is 797. The molecule has 4 nitrogen and oxygen atoms in total. The Kier molecular flexibility index (Phi) is 3.90. The number of hydrogen-bond donors (Lipinski definition) is 0. The number of hydrogen-bond acceptors (Lipinski definition) is 3. The SMILES string of the molecule is CC(C)C(F)(F)c1cccc(-c2cnn(-c3cccnc3)c2)n1. The van der Waals surface area contributed by atoms with Gasteiger partial charge in [-0.25, -0.2) is 9.67 Å². The molecule has 6 heteroatoms. The van der Waals surface area contributed by atoms with E-state index in [4.69, 9.17) is 0 Å². The van der Waals surface area contributed by atoms with Gasteiger partial charge in [0.2, 0.25) is 0 Å². The van der Waals surface area contributed by atoms with E-state index in [1.807, 2.05) is 6.07 Å². The van der Waals surface area contributed by atoms with E-state index < -0.39 is 11.8 Å². The molecule has 0 spiro atoms. The van der Waals surface area contributed by atoms with E-state index in [1.165, 1.54) is 19.9 Å². The molecule has 0 aliphatic heterocycles. The first-order valence-electron chi connectivity index (χ1n) is 7.29. The van der Waals surface area contributed by atoms with Crippen molar-refractivity contribution in [3.63, 3.8) is 0 Å². The van der Waals surface area contributed by atoms with Crippen molar-refractivity contribution < 1.29 is 8.78 Å². The summed E-state index contributed by atoms with van der Waals surface area (Å²) >= 11 is 0. The molecule has 0 atom stereocenters. The molecule has 0 amide bonds. The Hall–Kier alpha value is -2.63. The van der Waals surface area contributed by atoms with Crippen molar-refractivity contribution in [2.75, 3.05) is 0 Å². The summed E-state index contributed by atoms with van der Waals surface area (Å²) in [6.45, 7) is 2.96. The largest absolute Gasteiger partial charge is 0.291 e. The normalized spacial score (nSPS) is 11.9. The van der Waals surface area contributed by atoms with Gasteiger partial charge in [-0.15, -0.1) is 0 Å². The van der Waals surface area contributed by atoms with Gasteiger partial charge in [0.1, 0.15) is 5.69 Å². The minimum atomic E-state index is -2.96. The van der Waals surface area contributed by atoms with Gasteiger partial charge in [-0.1, -0.05) is 19.9 Å². The first-order chi connectivity index (χ1) is 11.0. The van der Waals surface area contributed by atoms with Crippen LogP contribution in [0.3, 0.4) is 0 Å². The van der Waals surface area contributed by atoms with Gasteiger partial charge in [0, 0.05) is 23.9 Å². The van der Waals surface area contributed by atoms with Crippen molar-refractivity contribution in [1.82, 2.24) is 19.7 Å². The fraction of sp³-hybridized carbons (Fsp3) is 0.235. The maximum Gasteiger partial charge on any atom is 0.291 e. The van der Waals surface area contributed by atoms with E-state index in [2.05, 4.69) is 15.1 Å². The zero-order chi connectivity index (χ0) is 16.4. The fourth-order valence-corrected chi connectivity index (χ4v) is 2.16. The first-order valence-corrected chi connectivity index (χ1v) is 7.29. The van der Waals surface area contributed by atoms with Gasteiger partial charge < -0.3 is 0 Å². The quantitative estimate of drug-likeness (QED) is 0.729. The van der Waals surface area contributed by atoms with Crippen LogP contribution in [0, 0.1) is 5.92 Å². The van der Waals surface area contributed by atoms with Crippen LogP contribution >= 0.6 is 0 Å². The van der Waals surface area contributed by atoms with Crippen LogP contribution in [-0.4, -0.2) is 19.7 Å². The number of alkyl halides is 2. The van der Waals surface area contributed by atoms with Crippen LogP contribution in [0.5, 0.6) is 0 Å². The van der Waals surface area contributed by atoms with E-state index in [1.54, 1.807) is 47.7 Å². The Balaban J connectivity index is 1.96. The predicted octanol–water partition coefficient (Wildman–Crippen LogP) is 4.08. The third kappa shape index (κ3) is 2.97. The molecule has 0 radical (unpaired) electrons. The van der Waals surface area contributed by atoms with Gasteiger partial charge >= 0.3 is 0 Å². The Morgan fingerprint density at radius 3 is 2.61 bits per heavy atom. The molecule has 0 saturated carbocycles. The highest BCUT2D eigenvalue weighted by Crippen LogP contribution is 2.35. The van der Waals surface area contributed by atoms with Gasteiger partial charge in [0.25, 0.3) is 5.92 Å². The molecule has 0 N–H and O–H groups in total. The van der Waals surface area contributed by atoms with E-state index in [0.29, 0.717) is 11.3 Å². The number of pyridine rings is 2. The summed E-state index contributed by atoms with van der Waals surface area (Å²) in [6.07, 6.45) is 6.70. The second-order valence-electron chi connectivity index (χ2n) is 5.57. The molecule has 3 aromatic heterocycles. The summed E-state index contributed by atoms with van der Waals surface area (Å²) < 4.78 is 29.9. The van der Waals surface area contributed by atoms with Crippen molar-refractivity contribution in [3.05, 3.63) is 60.8 Å². The summed E-state index contributed by atoms with van der Waals surface area (Å²) in [5.74, 6) is -3.78. The molecule has 3 aromatic rings.